The van der Waals surface area contributed by atoms with E-state index in [9.17, 15) is 14.0 Å². The average molecular weight is 435 g/mol. The minimum atomic E-state index is -0.926. The molecule has 7 heteroatoms. The van der Waals surface area contributed by atoms with E-state index in [1.54, 1.807) is 49.6 Å². The fourth-order valence-electron chi connectivity index (χ4n) is 4.01. The predicted molar refractivity (Wildman–Crippen MR) is 115 cm³/mol. The van der Waals surface area contributed by atoms with Crippen molar-refractivity contribution in [3.05, 3.63) is 110 Å². The Labute approximate surface area is 181 Å². The Morgan fingerprint density at radius 3 is 2.71 bits per heavy atom. The molecule has 0 saturated carbocycles. The molecule has 5 rings (SSSR count). The van der Waals surface area contributed by atoms with Crippen LogP contribution in [0.15, 0.2) is 70.1 Å². The first-order valence-electron chi connectivity index (χ1n) is 9.67. The lowest BCUT2D eigenvalue weighted by molar-refractivity contribution is 0.0712. The summed E-state index contributed by atoms with van der Waals surface area (Å²) < 4.78 is 20.7. The number of pyridine rings is 1. The maximum atomic E-state index is 14.8. The highest BCUT2D eigenvalue weighted by Crippen LogP contribution is 2.40. The van der Waals surface area contributed by atoms with Gasteiger partial charge in [0.1, 0.15) is 11.4 Å². The van der Waals surface area contributed by atoms with Crippen molar-refractivity contribution in [2.75, 3.05) is 0 Å². The number of amides is 1. The van der Waals surface area contributed by atoms with Crippen LogP contribution in [0.2, 0.25) is 5.02 Å². The molecule has 0 spiro atoms. The first kappa shape index (κ1) is 19.5. The van der Waals surface area contributed by atoms with Crippen molar-refractivity contribution in [1.29, 1.82) is 0 Å². The molecule has 0 radical (unpaired) electrons. The predicted octanol–water partition coefficient (Wildman–Crippen LogP) is 5.03. The molecule has 1 atom stereocenters. The molecule has 0 fully saturated rings. The van der Waals surface area contributed by atoms with Crippen LogP contribution in [-0.2, 0) is 6.54 Å². The third-order valence-corrected chi connectivity index (χ3v) is 5.93. The van der Waals surface area contributed by atoms with Crippen molar-refractivity contribution in [2.24, 2.45) is 0 Å². The number of carbonyl (C=O) groups excluding carboxylic acids is 1. The lowest BCUT2D eigenvalue weighted by Crippen LogP contribution is -2.29. The zero-order chi connectivity index (χ0) is 21.7. The highest BCUT2D eigenvalue weighted by atomic mass is 35.5. The molecular weight excluding hydrogens is 419 g/mol. The average Bonchev–Trinajstić information content (AvgIpc) is 3.03. The monoisotopic (exact) mass is 434 g/mol. The molecular formula is C24H16ClFN2O3. The van der Waals surface area contributed by atoms with Gasteiger partial charge in [0, 0.05) is 29.5 Å². The van der Waals surface area contributed by atoms with Gasteiger partial charge in [-0.1, -0.05) is 35.9 Å². The molecule has 2 aromatic carbocycles. The SMILES string of the molecule is Cc1cc2oc3c(c(=O)c2cc1Cl)[C@@H](c1ccccc1F)N(Cc1cccnc1)C3=O. The Bertz CT molecular complexity index is 1400. The molecule has 2 aromatic heterocycles. The van der Waals surface area contributed by atoms with Crippen LogP contribution in [0, 0.1) is 12.7 Å². The Kier molecular flexibility index (Phi) is 4.59. The maximum Gasteiger partial charge on any atom is 0.291 e. The number of carbonyl (C=O) groups is 1. The number of nitrogens with zero attached hydrogens (tertiary/aromatic N) is 2. The van der Waals surface area contributed by atoms with E-state index < -0.39 is 23.2 Å². The number of aryl methyl sites for hydroxylation is 1. The van der Waals surface area contributed by atoms with Crippen LogP contribution in [0.25, 0.3) is 11.0 Å². The lowest BCUT2D eigenvalue weighted by Gasteiger charge is -2.25. The van der Waals surface area contributed by atoms with Crippen molar-refractivity contribution in [2.45, 2.75) is 19.5 Å². The fraction of sp³-hybridized carbons (Fsp3) is 0.125. The molecule has 0 aliphatic carbocycles. The zero-order valence-corrected chi connectivity index (χ0v) is 17.2. The van der Waals surface area contributed by atoms with Crippen LogP contribution in [0.3, 0.4) is 0 Å². The summed E-state index contributed by atoms with van der Waals surface area (Å²) in [5.41, 5.74) is 1.69. The number of aromatic nitrogens is 1. The van der Waals surface area contributed by atoms with Crippen molar-refractivity contribution < 1.29 is 13.6 Å². The van der Waals surface area contributed by atoms with E-state index in [4.69, 9.17) is 16.0 Å². The zero-order valence-electron chi connectivity index (χ0n) is 16.4. The number of hydrogen-bond acceptors (Lipinski definition) is 4. The summed E-state index contributed by atoms with van der Waals surface area (Å²) in [6.45, 7) is 1.93. The summed E-state index contributed by atoms with van der Waals surface area (Å²) in [6, 6.07) is 11.9. The van der Waals surface area contributed by atoms with Gasteiger partial charge in [-0.3, -0.25) is 14.6 Å². The molecule has 0 N–H and O–H groups in total. The molecule has 31 heavy (non-hydrogen) atoms. The van der Waals surface area contributed by atoms with Crippen LogP contribution in [0.5, 0.6) is 0 Å². The second kappa shape index (κ2) is 7.32. The second-order valence-corrected chi connectivity index (χ2v) is 7.90. The van der Waals surface area contributed by atoms with Crippen LogP contribution in [-0.4, -0.2) is 15.8 Å². The van der Waals surface area contributed by atoms with Gasteiger partial charge >= 0.3 is 0 Å². The summed E-state index contributed by atoms with van der Waals surface area (Å²) in [5.74, 6) is -1.05. The smallest absolute Gasteiger partial charge is 0.291 e. The first-order chi connectivity index (χ1) is 15.0. The molecule has 5 nitrogen and oxygen atoms in total. The topological polar surface area (TPSA) is 63.4 Å². The Balaban J connectivity index is 1.78. The first-order valence-corrected chi connectivity index (χ1v) is 10.0. The highest BCUT2D eigenvalue weighted by molar-refractivity contribution is 6.32. The maximum absolute atomic E-state index is 14.8. The van der Waals surface area contributed by atoms with Crippen LogP contribution in [0.1, 0.15) is 38.9 Å². The number of hydrogen-bond donors (Lipinski definition) is 0. The van der Waals surface area contributed by atoms with Crippen LogP contribution in [0.4, 0.5) is 4.39 Å². The minimum absolute atomic E-state index is 0.0728. The van der Waals surface area contributed by atoms with Gasteiger partial charge in [-0.15, -0.1) is 0 Å². The number of rotatable bonds is 3. The van der Waals surface area contributed by atoms with Crippen molar-refractivity contribution in [1.82, 2.24) is 9.88 Å². The van der Waals surface area contributed by atoms with E-state index in [1.165, 1.54) is 17.0 Å². The van der Waals surface area contributed by atoms with E-state index >= 15 is 0 Å². The van der Waals surface area contributed by atoms with Crippen molar-refractivity contribution >= 4 is 28.5 Å². The molecule has 4 aromatic rings. The van der Waals surface area contributed by atoms with Gasteiger partial charge in [0.15, 0.2) is 5.43 Å². The molecule has 0 bridgehead atoms. The van der Waals surface area contributed by atoms with Crippen molar-refractivity contribution in [3.63, 3.8) is 0 Å². The highest BCUT2D eigenvalue weighted by Gasteiger charge is 2.43. The van der Waals surface area contributed by atoms with Gasteiger partial charge < -0.3 is 9.32 Å². The fourth-order valence-corrected chi connectivity index (χ4v) is 4.18. The number of benzene rings is 2. The van der Waals surface area contributed by atoms with Crippen LogP contribution >= 0.6 is 11.6 Å². The normalized spacial score (nSPS) is 15.5. The lowest BCUT2D eigenvalue weighted by atomic mass is 9.97. The van der Waals surface area contributed by atoms with Gasteiger partial charge in [0.25, 0.3) is 5.91 Å². The summed E-state index contributed by atoms with van der Waals surface area (Å²) in [4.78, 5) is 32.4. The van der Waals surface area contributed by atoms with E-state index in [1.807, 2.05) is 6.07 Å². The van der Waals surface area contributed by atoms with E-state index in [0.29, 0.717) is 5.02 Å². The summed E-state index contributed by atoms with van der Waals surface area (Å²) in [6.07, 6.45) is 3.26. The molecule has 0 saturated heterocycles. The third-order valence-electron chi connectivity index (χ3n) is 5.52. The van der Waals surface area contributed by atoms with Gasteiger partial charge in [-0.05, 0) is 42.3 Å². The standard InChI is InChI=1S/C24H16ClFN2O3/c1-13-9-19-16(10-17(13)25)22(29)20-21(15-6-2-3-7-18(15)26)28(24(30)23(20)31-19)12-14-5-4-8-27-11-14/h2-11,21H,12H2,1H3/t21-/m1/s1. The number of halogens is 2. The van der Waals surface area contributed by atoms with Gasteiger partial charge in [0.2, 0.25) is 5.76 Å². The molecule has 1 amide bonds. The molecule has 3 heterocycles. The van der Waals surface area contributed by atoms with Crippen LogP contribution < -0.4 is 5.43 Å². The van der Waals surface area contributed by atoms with Gasteiger partial charge in [-0.2, -0.15) is 0 Å². The van der Waals surface area contributed by atoms with Gasteiger partial charge in [0.05, 0.1) is 17.0 Å². The Hall–Kier alpha value is -3.51. The minimum Gasteiger partial charge on any atom is -0.450 e. The molecule has 1 aliphatic heterocycles. The molecule has 154 valence electrons. The van der Waals surface area contributed by atoms with Gasteiger partial charge in [-0.25, -0.2) is 4.39 Å². The quantitative estimate of drug-likeness (QED) is 0.453. The number of fused-ring (bicyclic) bond motifs is 2. The molecule has 0 unspecified atom stereocenters. The van der Waals surface area contributed by atoms with E-state index in [2.05, 4.69) is 4.98 Å². The largest absolute Gasteiger partial charge is 0.450 e. The van der Waals surface area contributed by atoms with E-state index in [0.717, 1.165) is 11.1 Å². The van der Waals surface area contributed by atoms with E-state index in [-0.39, 0.29) is 34.4 Å². The second-order valence-electron chi connectivity index (χ2n) is 7.49. The van der Waals surface area contributed by atoms with Crippen molar-refractivity contribution in [3.8, 4) is 0 Å². The summed E-state index contributed by atoms with van der Waals surface area (Å²) in [5, 5.41) is 0.672. The third kappa shape index (κ3) is 3.11. The Morgan fingerprint density at radius 2 is 1.97 bits per heavy atom. The summed E-state index contributed by atoms with van der Waals surface area (Å²) >= 11 is 6.23. The summed E-state index contributed by atoms with van der Waals surface area (Å²) in [7, 11) is 0. The molecule has 1 aliphatic rings. The Morgan fingerprint density at radius 1 is 1.16 bits per heavy atom.